The molecule has 21 heavy (non-hydrogen) atoms. The summed E-state index contributed by atoms with van der Waals surface area (Å²) in [6.07, 6.45) is 1.06. The van der Waals surface area contributed by atoms with E-state index in [2.05, 4.69) is 41.9 Å². The number of hydrogen-bond donors (Lipinski definition) is 1. The third-order valence-electron chi connectivity index (χ3n) is 3.87. The molecular formula is C16H24Cl2N2S. The molecule has 2 unspecified atom stereocenters. The summed E-state index contributed by atoms with van der Waals surface area (Å²) in [5, 5.41) is 5.61. The molecule has 1 saturated heterocycles. The lowest BCUT2D eigenvalue weighted by molar-refractivity contribution is 0.268. The summed E-state index contributed by atoms with van der Waals surface area (Å²) in [5.41, 5.74) is 1.12. The van der Waals surface area contributed by atoms with Crippen LogP contribution in [0, 0.1) is 0 Å². The van der Waals surface area contributed by atoms with E-state index >= 15 is 0 Å². The Morgan fingerprint density at radius 2 is 2.24 bits per heavy atom. The van der Waals surface area contributed by atoms with Crippen molar-refractivity contribution in [2.45, 2.75) is 31.6 Å². The number of nitrogens with one attached hydrogen (secondary N) is 1. The van der Waals surface area contributed by atoms with Crippen LogP contribution < -0.4 is 5.32 Å². The summed E-state index contributed by atoms with van der Waals surface area (Å²) < 4.78 is 0. The van der Waals surface area contributed by atoms with Gasteiger partial charge in [-0.25, -0.2) is 0 Å². The Bertz CT molecular complexity index is 456. The van der Waals surface area contributed by atoms with Gasteiger partial charge in [0.1, 0.15) is 0 Å². The first-order chi connectivity index (χ1) is 10.1. The molecule has 1 aliphatic heterocycles. The molecule has 2 rings (SSSR count). The number of benzene rings is 1. The van der Waals surface area contributed by atoms with Gasteiger partial charge >= 0.3 is 0 Å². The summed E-state index contributed by atoms with van der Waals surface area (Å²) in [6.45, 7) is 8.85. The lowest BCUT2D eigenvalue weighted by atomic mass is 10.0. The number of rotatable bonds is 6. The van der Waals surface area contributed by atoms with E-state index in [1.165, 1.54) is 18.8 Å². The first-order valence-corrected chi connectivity index (χ1v) is 9.43. The largest absolute Gasteiger partial charge is 0.310 e. The first kappa shape index (κ1) is 17.4. The zero-order chi connectivity index (χ0) is 15.2. The fraction of sp³-hybridized carbons (Fsp3) is 0.625. The van der Waals surface area contributed by atoms with Crippen LogP contribution in [0.2, 0.25) is 10.0 Å². The molecule has 2 atom stereocenters. The van der Waals surface area contributed by atoms with E-state index < -0.39 is 0 Å². The minimum atomic E-state index is 0.270. The second-order valence-corrected chi connectivity index (χ2v) is 7.86. The zero-order valence-corrected chi connectivity index (χ0v) is 15.1. The molecule has 1 fully saturated rings. The standard InChI is InChI=1S/C16H24Cl2N2S/c1-3-19-15(13-5-4-6-14(17)16(13)18)7-8-20-9-10-21-12(2)11-20/h4-6,12,15,19H,3,7-11H2,1-2H3. The molecular weight excluding hydrogens is 323 g/mol. The Morgan fingerprint density at radius 3 is 2.95 bits per heavy atom. The average molecular weight is 347 g/mol. The molecule has 1 aromatic carbocycles. The van der Waals surface area contributed by atoms with E-state index in [4.69, 9.17) is 23.2 Å². The van der Waals surface area contributed by atoms with Gasteiger partial charge in [0.25, 0.3) is 0 Å². The maximum atomic E-state index is 6.38. The highest BCUT2D eigenvalue weighted by atomic mass is 35.5. The summed E-state index contributed by atoms with van der Waals surface area (Å²) in [5.74, 6) is 1.24. The van der Waals surface area contributed by atoms with Crippen molar-refractivity contribution in [2.24, 2.45) is 0 Å². The van der Waals surface area contributed by atoms with Gasteiger partial charge < -0.3 is 10.2 Å². The lowest BCUT2D eigenvalue weighted by Crippen LogP contribution is -2.38. The SMILES string of the molecule is CCNC(CCN1CCSC(C)C1)c1cccc(Cl)c1Cl. The van der Waals surface area contributed by atoms with E-state index in [1.54, 1.807) is 0 Å². The van der Waals surface area contributed by atoms with Crippen LogP contribution in [0.1, 0.15) is 31.9 Å². The van der Waals surface area contributed by atoms with Crippen molar-refractivity contribution in [3.05, 3.63) is 33.8 Å². The molecule has 0 aliphatic carbocycles. The van der Waals surface area contributed by atoms with Crippen LogP contribution in [-0.4, -0.2) is 42.1 Å². The molecule has 0 saturated carbocycles. The van der Waals surface area contributed by atoms with Gasteiger partial charge in [-0.15, -0.1) is 0 Å². The van der Waals surface area contributed by atoms with Crippen molar-refractivity contribution in [1.82, 2.24) is 10.2 Å². The van der Waals surface area contributed by atoms with E-state index in [1.807, 2.05) is 12.1 Å². The first-order valence-electron chi connectivity index (χ1n) is 7.63. The number of halogens is 2. The Kier molecular flexibility index (Phi) is 7.17. The van der Waals surface area contributed by atoms with Crippen LogP contribution in [0.5, 0.6) is 0 Å². The molecule has 0 spiro atoms. The third kappa shape index (κ3) is 5.04. The fourth-order valence-electron chi connectivity index (χ4n) is 2.81. The lowest BCUT2D eigenvalue weighted by Gasteiger charge is -2.32. The minimum absolute atomic E-state index is 0.270. The second kappa shape index (κ2) is 8.64. The highest BCUT2D eigenvalue weighted by Crippen LogP contribution is 2.31. The van der Waals surface area contributed by atoms with Crippen molar-refractivity contribution in [3.8, 4) is 0 Å². The molecule has 0 aromatic heterocycles. The molecule has 1 aromatic rings. The monoisotopic (exact) mass is 346 g/mol. The Hall–Kier alpha value is 0.0700. The smallest absolute Gasteiger partial charge is 0.0640 e. The van der Waals surface area contributed by atoms with Crippen molar-refractivity contribution >= 4 is 35.0 Å². The maximum absolute atomic E-state index is 6.38. The van der Waals surface area contributed by atoms with Gasteiger partial charge in [-0.2, -0.15) is 11.8 Å². The molecule has 0 amide bonds. The van der Waals surface area contributed by atoms with Crippen LogP contribution in [0.15, 0.2) is 18.2 Å². The second-order valence-electron chi connectivity index (χ2n) is 5.52. The molecule has 1 heterocycles. The molecule has 0 radical (unpaired) electrons. The zero-order valence-electron chi connectivity index (χ0n) is 12.7. The predicted molar refractivity (Wildman–Crippen MR) is 95.9 cm³/mol. The highest BCUT2D eigenvalue weighted by Gasteiger charge is 2.20. The molecule has 1 aliphatic rings. The van der Waals surface area contributed by atoms with Crippen LogP contribution in [-0.2, 0) is 0 Å². The number of hydrogen-bond acceptors (Lipinski definition) is 3. The van der Waals surface area contributed by atoms with Crippen molar-refractivity contribution in [1.29, 1.82) is 0 Å². The molecule has 118 valence electrons. The maximum Gasteiger partial charge on any atom is 0.0640 e. The van der Waals surface area contributed by atoms with Gasteiger partial charge in [-0.1, -0.05) is 49.2 Å². The van der Waals surface area contributed by atoms with Crippen LogP contribution >= 0.6 is 35.0 Å². The molecule has 5 heteroatoms. The van der Waals surface area contributed by atoms with Crippen LogP contribution in [0.3, 0.4) is 0 Å². The van der Waals surface area contributed by atoms with E-state index in [-0.39, 0.29) is 6.04 Å². The predicted octanol–water partition coefficient (Wildman–Crippen LogP) is 4.47. The topological polar surface area (TPSA) is 15.3 Å². The summed E-state index contributed by atoms with van der Waals surface area (Å²) in [7, 11) is 0. The number of thioether (sulfide) groups is 1. The van der Waals surface area contributed by atoms with Crippen LogP contribution in [0.4, 0.5) is 0 Å². The Balaban J connectivity index is 2.00. The summed E-state index contributed by atoms with van der Waals surface area (Å²) >= 11 is 14.6. The summed E-state index contributed by atoms with van der Waals surface area (Å²) in [6, 6.07) is 6.18. The van der Waals surface area contributed by atoms with Crippen molar-refractivity contribution in [2.75, 3.05) is 31.9 Å². The summed E-state index contributed by atoms with van der Waals surface area (Å²) in [4.78, 5) is 2.56. The highest BCUT2D eigenvalue weighted by molar-refractivity contribution is 7.99. The van der Waals surface area contributed by atoms with Gasteiger partial charge in [0.15, 0.2) is 0 Å². The molecule has 0 bridgehead atoms. The van der Waals surface area contributed by atoms with E-state index in [0.29, 0.717) is 10.0 Å². The van der Waals surface area contributed by atoms with Gasteiger partial charge in [-0.05, 0) is 24.6 Å². The van der Waals surface area contributed by atoms with Gasteiger partial charge in [0, 0.05) is 36.7 Å². The normalized spacial score (nSPS) is 21.4. The quantitative estimate of drug-likeness (QED) is 0.817. The minimum Gasteiger partial charge on any atom is -0.310 e. The Morgan fingerprint density at radius 1 is 1.43 bits per heavy atom. The fourth-order valence-corrected chi connectivity index (χ4v) is 4.33. The van der Waals surface area contributed by atoms with Crippen molar-refractivity contribution in [3.63, 3.8) is 0 Å². The van der Waals surface area contributed by atoms with Gasteiger partial charge in [-0.3, -0.25) is 0 Å². The van der Waals surface area contributed by atoms with Crippen molar-refractivity contribution < 1.29 is 0 Å². The average Bonchev–Trinajstić information content (AvgIpc) is 2.47. The third-order valence-corrected chi connectivity index (χ3v) is 5.84. The van der Waals surface area contributed by atoms with Gasteiger partial charge in [0.2, 0.25) is 0 Å². The van der Waals surface area contributed by atoms with E-state index in [9.17, 15) is 0 Å². The van der Waals surface area contributed by atoms with Crippen LogP contribution in [0.25, 0.3) is 0 Å². The Labute approximate surface area is 142 Å². The molecule has 1 N–H and O–H groups in total. The van der Waals surface area contributed by atoms with E-state index in [0.717, 1.165) is 30.3 Å². The molecule has 2 nitrogen and oxygen atoms in total. The number of nitrogens with zero attached hydrogens (tertiary/aromatic N) is 1. The van der Waals surface area contributed by atoms with Gasteiger partial charge in [0.05, 0.1) is 10.0 Å².